The van der Waals surface area contributed by atoms with E-state index >= 15 is 0 Å². The molecule has 5 heteroatoms. The molecule has 0 aliphatic rings. The largest absolute Gasteiger partial charge is 0.491 e. The van der Waals surface area contributed by atoms with E-state index in [-0.39, 0.29) is 5.56 Å². The molecule has 0 saturated heterocycles. The predicted octanol–water partition coefficient (Wildman–Crippen LogP) is 5.41. The first kappa shape index (κ1) is 19.2. The summed E-state index contributed by atoms with van der Waals surface area (Å²) in [7, 11) is 0. The van der Waals surface area contributed by atoms with Crippen LogP contribution in [0.2, 0.25) is 5.02 Å². The Morgan fingerprint density at radius 1 is 0.931 bits per heavy atom. The standard InChI is InChI=1S/C24H21ClN2O2/c1-16-6-5-7-17(2)22(16)29-15-14-27-23(18-10-12-19(25)13-11-18)26-21-9-4-3-8-20(21)24(27)28/h3-13H,14-15H2,1-2H3. The first-order valence-corrected chi connectivity index (χ1v) is 9.87. The summed E-state index contributed by atoms with van der Waals surface area (Å²) in [4.78, 5) is 18.0. The summed E-state index contributed by atoms with van der Waals surface area (Å²) in [6, 6.07) is 20.8. The Balaban J connectivity index is 1.73. The van der Waals surface area contributed by atoms with E-state index in [0.29, 0.717) is 34.9 Å². The molecule has 146 valence electrons. The number of halogens is 1. The number of benzene rings is 3. The van der Waals surface area contributed by atoms with Crippen LogP contribution in [0.3, 0.4) is 0 Å². The fourth-order valence-electron chi connectivity index (χ4n) is 3.46. The van der Waals surface area contributed by atoms with Gasteiger partial charge in [-0.15, -0.1) is 0 Å². The molecule has 4 nitrogen and oxygen atoms in total. The number of hydrogen-bond donors (Lipinski definition) is 0. The van der Waals surface area contributed by atoms with E-state index in [4.69, 9.17) is 21.3 Å². The molecule has 0 aliphatic carbocycles. The average Bonchev–Trinajstić information content (AvgIpc) is 2.72. The minimum absolute atomic E-state index is 0.0781. The first-order valence-electron chi connectivity index (χ1n) is 9.49. The third-order valence-corrected chi connectivity index (χ3v) is 5.19. The minimum Gasteiger partial charge on any atom is -0.491 e. The Labute approximate surface area is 174 Å². The van der Waals surface area contributed by atoms with Gasteiger partial charge in [-0.1, -0.05) is 41.9 Å². The van der Waals surface area contributed by atoms with Crippen molar-refractivity contribution in [1.82, 2.24) is 9.55 Å². The Morgan fingerprint density at radius 2 is 1.62 bits per heavy atom. The second-order valence-electron chi connectivity index (χ2n) is 6.99. The van der Waals surface area contributed by atoms with Gasteiger partial charge in [-0.25, -0.2) is 4.98 Å². The van der Waals surface area contributed by atoms with Crippen molar-refractivity contribution in [3.63, 3.8) is 0 Å². The third-order valence-electron chi connectivity index (χ3n) is 4.93. The number of hydrogen-bond acceptors (Lipinski definition) is 3. The van der Waals surface area contributed by atoms with Crippen molar-refractivity contribution in [2.45, 2.75) is 20.4 Å². The lowest BCUT2D eigenvalue weighted by Crippen LogP contribution is -2.26. The highest BCUT2D eigenvalue weighted by atomic mass is 35.5. The quantitative estimate of drug-likeness (QED) is 0.446. The van der Waals surface area contributed by atoms with Gasteiger partial charge in [-0.05, 0) is 61.4 Å². The number of para-hydroxylation sites is 2. The van der Waals surface area contributed by atoms with Crippen LogP contribution in [0.1, 0.15) is 11.1 Å². The van der Waals surface area contributed by atoms with Crippen molar-refractivity contribution in [3.05, 3.63) is 93.2 Å². The first-order chi connectivity index (χ1) is 14.0. The summed E-state index contributed by atoms with van der Waals surface area (Å²) >= 11 is 6.04. The van der Waals surface area contributed by atoms with Gasteiger partial charge in [-0.3, -0.25) is 9.36 Å². The van der Waals surface area contributed by atoms with E-state index in [1.165, 1.54) is 0 Å². The van der Waals surface area contributed by atoms with Crippen LogP contribution in [0.4, 0.5) is 0 Å². The predicted molar refractivity (Wildman–Crippen MR) is 118 cm³/mol. The number of aromatic nitrogens is 2. The highest BCUT2D eigenvalue weighted by Gasteiger charge is 2.13. The molecule has 4 rings (SSSR count). The van der Waals surface area contributed by atoms with E-state index in [0.717, 1.165) is 22.4 Å². The lowest BCUT2D eigenvalue weighted by molar-refractivity contribution is 0.293. The molecule has 4 aromatic rings. The van der Waals surface area contributed by atoms with Crippen molar-refractivity contribution in [2.75, 3.05) is 6.61 Å². The summed E-state index contributed by atoms with van der Waals surface area (Å²) < 4.78 is 7.72. The molecule has 0 radical (unpaired) electrons. The van der Waals surface area contributed by atoms with Crippen LogP contribution in [0, 0.1) is 13.8 Å². The summed E-state index contributed by atoms with van der Waals surface area (Å²) in [5, 5.41) is 1.24. The number of fused-ring (bicyclic) bond motifs is 1. The molecule has 29 heavy (non-hydrogen) atoms. The van der Waals surface area contributed by atoms with Crippen molar-refractivity contribution in [3.8, 4) is 17.1 Å². The Kier molecular flexibility index (Phi) is 5.36. The molecule has 0 aliphatic heterocycles. The third kappa shape index (κ3) is 3.89. The molecule has 0 spiro atoms. The summed E-state index contributed by atoms with van der Waals surface area (Å²) in [6.07, 6.45) is 0. The molecular weight excluding hydrogens is 384 g/mol. The molecule has 0 saturated carbocycles. The van der Waals surface area contributed by atoms with Gasteiger partial charge in [0.05, 0.1) is 17.4 Å². The normalized spacial score (nSPS) is 11.0. The molecule has 3 aromatic carbocycles. The zero-order valence-corrected chi connectivity index (χ0v) is 17.1. The maximum atomic E-state index is 13.2. The van der Waals surface area contributed by atoms with Gasteiger partial charge in [0.1, 0.15) is 18.2 Å². The van der Waals surface area contributed by atoms with Gasteiger partial charge >= 0.3 is 0 Å². The SMILES string of the molecule is Cc1cccc(C)c1OCCn1c(-c2ccc(Cl)cc2)nc2ccccc2c1=O. The lowest BCUT2D eigenvalue weighted by Gasteiger charge is -2.16. The maximum Gasteiger partial charge on any atom is 0.261 e. The van der Waals surface area contributed by atoms with E-state index in [1.807, 2.05) is 62.4 Å². The van der Waals surface area contributed by atoms with Crippen LogP contribution >= 0.6 is 11.6 Å². The van der Waals surface area contributed by atoms with Gasteiger partial charge in [0.25, 0.3) is 5.56 Å². The van der Waals surface area contributed by atoms with Crippen LogP contribution in [-0.4, -0.2) is 16.2 Å². The molecule has 0 bridgehead atoms. The summed E-state index contributed by atoms with van der Waals surface area (Å²) in [5.74, 6) is 1.47. The molecule has 0 atom stereocenters. The van der Waals surface area contributed by atoms with E-state index < -0.39 is 0 Å². The van der Waals surface area contributed by atoms with Gasteiger partial charge in [-0.2, -0.15) is 0 Å². The molecule has 0 unspecified atom stereocenters. The lowest BCUT2D eigenvalue weighted by atomic mass is 10.1. The second kappa shape index (κ2) is 8.10. The molecule has 0 fully saturated rings. The molecular formula is C24H21ClN2O2. The minimum atomic E-state index is -0.0781. The molecule has 0 amide bonds. The second-order valence-corrected chi connectivity index (χ2v) is 7.42. The Hall–Kier alpha value is -3.11. The number of nitrogens with zero attached hydrogens (tertiary/aromatic N) is 2. The fraction of sp³-hybridized carbons (Fsp3) is 0.167. The van der Waals surface area contributed by atoms with Crippen LogP contribution in [0.25, 0.3) is 22.3 Å². The van der Waals surface area contributed by atoms with Crippen molar-refractivity contribution >= 4 is 22.5 Å². The maximum absolute atomic E-state index is 13.2. The zero-order chi connectivity index (χ0) is 20.4. The van der Waals surface area contributed by atoms with Gasteiger partial charge < -0.3 is 4.74 Å². The van der Waals surface area contributed by atoms with Crippen molar-refractivity contribution in [2.24, 2.45) is 0 Å². The van der Waals surface area contributed by atoms with Crippen LogP contribution < -0.4 is 10.3 Å². The van der Waals surface area contributed by atoms with Crippen LogP contribution in [0.5, 0.6) is 5.75 Å². The van der Waals surface area contributed by atoms with Crippen LogP contribution in [-0.2, 0) is 6.54 Å². The highest BCUT2D eigenvalue weighted by Crippen LogP contribution is 2.23. The van der Waals surface area contributed by atoms with Crippen molar-refractivity contribution < 1.29 is 4.74 Å². The van der Waals surface area contributed by atoms with Crippen LogP contribution in [0.15, 0.2) is 71.5 Å². The number of aryl methyl sites for hydroxylation is 2. The Bertz CT molecular complexity index is 1210. The highest BCUT2D eigenvalue weighted by molar-refractivity contribution is 6.30. The van der Waals surface area contributed by atoms with Gasteiger partial charge in [0.15, 0.2) is 0 Å². The fourth-order valence-corrected chi connectivity index (χ4v) is 3.59. The molecule has 0 N–H and O–H groups in total. The number of ether oxygens (including phenoxy) is 1. The zero-order valence-electron chi connectivity index (χ0n) is 16.4. The topological polar surface area (TPSA) is 44.1 Å². The number of rotatable bonds is 5. The summed E-state index contributed by atoms with van der Waals surface area (Å²) in [5.41, 5.74) is 3.59. The Morgan fingerprint density at radius 3 is 2.34 bits per heavy atom. The van der Waals surface area contributed by atoms with E-state index in [2.05, 4.69) is 0 Å². The molecule has 1 heterocycles. The average molecular weight is 405 g/mol. The van der Waals surface area contributed by atoms with Crippen molar-refractivity contribution in [1.29, 1.82) is 0 Å². The molecule has 1 aromatic heterocycles. The van der Waals surface area contributed by atoms with E-state index in [9.17, 15) is 4.79 Å². The van der Waals surface area contributed by atoms with E-state index in [1.54, 1.807) is 22.8 Å². The summed E-state index contributed by atoms with van der Waals surface area (Å²) in [6.45, 7) is 4.80. The van der Waals surface area contributed by atoms with Gasteiger partial charge in [0, 0.05) is 10.6 Å². The monoisotopic (exact) mass is 404 g/mol. The van der Waals surface area contributed by atoms with Gasteiger partial charge in [0.2, 0.25) is 0 Å². The smallest absolute Gasteiger partial charge is 0.261 e.